The summed E-state index contributed by atoms with van der Waals surface area (Å²) in [6.07, 6.45) is 1.63. The highest BCUT2D eigenvalue weighted by Gasteiger charge is 2.33. The number of para-hydroxylation sites is 1. The molecule has 0 unspecified atom stereocenters. The number of carbonyl (C=O) groups is 2. The molecular weight excluding hydrogens is 372 g/mol. The number of amides is 3. The quantitative estimate of drug-likeness (QED) is 0.645. The van der Waals surface area contributed by atoms with Gasteiger partial charge in [0.05, 0.1) is 13.7 Å². The number of ether oxygens (including phenoxy) is 1. The molecule has 0 aromatic heterocycles. The Morgan fingerprint density at radius 1 is 1.12 bits per heavy atom. The van der Waals surface area contributed by atoms with Gasteiger partial charge >= 0.3 is 6.03 Å². The number of carbonyl (C=O) groups excluding carboxylic acids is 2. The van der Waals surface area contributed by atoms with Crippen LogP contribution in [0.4, 0.5) is 4.79 Å². The van der Waals surface area contributed by atoms with E-state index < -0.39 is 6.03 Å². The zero-order chi connectivity index (χ0) is 17.1. The summed E-state index contributed by atoms with van der Waals surface area (Å²) in [6.45, 7) is 0.223. The van der Waals surface area contributed by atoms with Crippen LogP contribution in [0.3, 0.4) is 0 Å². The van der Waals surface area contributed by atoms with Crippen molar-refractivity contribution in [1.29, 1.82) is 0 Å². The number of nitrogens with zero attached hydrogens (tertiary/aromatic N) is 1. The third-order valence-electron chi connectivity index (χ3n) is 3.66. The van der Waals surface area contributed by atoms with Gasteiger partial charge in [-0.1, -0.05) is 46.3 Å². The highest BCUT2D eigenvalue weighted by atomic mass is 79.9. The molecule has 2 aromatic carbocycles. The van der Waals surface area contributed by atoms with Gasteiger partial charge in [0.1, 0.15) is 11.4 Å². The van der Waals surface area contributed by atoms with Gasteiger partial charge in [0, 0.05) is 10.0 Å². The molecular formula is C18H15BrN2O3. The molecule has 1 heterocycles. The second-order valence-corrected chi connectivity index (χ2v) is 6.16. The Morgan fingerprint density at radius 2 is 1.83 bits per heavy atom. The first-order chi connectivity index (χ1) is 11.6. The first kappa shape index (κ1) is 16.3. The van der Waals surface area contributed by atoms with E-state index in [-0.39, 0.29) is 18.1 Å². The van der Waals surface area contributed by atoms with Crippen LogP contribution in [0.5, 0.6) is 5.75 Å². The molecule has 24 heavy (non-hydrogen) atoms. The van der Waals surface area contributed by atoms with Gasteiger partial charge < -0.3 is 10.1 Å². The van der Waals surface area contributed by atoms with Crippen molar-refractivity contribution >= 4 is 33.9 Å². The molecule has 0 bridgehead atoms. The third kappa shape index (κ3) is 3.33. The predicted octanol–water partition coefficient (Wildman–Crippen LogP) is 3.55. The Labute approximate surface area is 148 Å². The lowest BCUT2D eigenvalue weighted by Crippen LogP contribution is -2.30. The Hall–Kier alpha value is -2.60. The second-order valence-electron chi connectivity index (χ2n) is 5.25. The topological polar surface area (TPSA) is 58.6 Å². The highest BCUT2D eigenvalue weighted by Crippen LogP contribution is 2.23. The second kappa shape index (κ2) is 6.88. The number of halogens is 1. The molecule has 1 fully saturated rings. The van der Waals surface area contributed by atoms with Crippen molar-refractivity contribution in [3.63, 3.8) is 0 Å². The molecule has 0 saturated carbocycles. The maximum Gasteiger partial charge on any atom is 0.329 e. The fourth-order valence-corrected chi connectivity index (χ4v) is 2.69. The Balaban J connectivity index is 1.83. The first-order valence-electron chi connectivity index (χ1n) is 7.30. The van der Waals surface area contributed by atoms with Crippen LogP contribution in [-0.2, 0) is 11.3 Å². The van der Waals surface area contributed by atoms with E-state index in [1.165, 1.54) is 4.90 Å². The van der Waals surface area contributed by atoms with Crippen LogP contribution in [-0.4, -0.2) is 23.9 Å². The van der Waals surface area contributed by atoms with Gasteiger partial charge in [-0.25, -0.2) is 4.79 Å². The van der Waals surface area contributed by atoms with Crippen molar-refractivity contribution in [1.82, 2.24) is 10.2 Å². The lowest BCUT2D eigenvalue weighted by atomic mass is 10.1. The van der Waals surface area contributed by atoms with Gasteiger partial charge in [0.15, 0.2) is 0 Å². The Kier molecular flexibility index (Phi) is 4.66. The number of nitrogens with one attached hydrogen (secondary N) is 1. The number of imide groups is 1. The van der Waals surface area contributed by atoms with Crippen LogP contribution in [0.15, 0.2) is 58.7 Å². The Morgan fingerprint density at radius 3 is 2.54 bits per heavy atom. The SMILES string of the molecule is COc1ccccc1/C=C1/NC(=O)N(Cc2ccc(Br)cc2)C1=O. The summed E-state index contributed by atoms with van der Waals surface area (Å²) in [5.74, 6) is 0.284. The minimum Gasteiger partial charge on any atom is -0.496 e. The third-order valence-corrected chi connectivity index (χ3v) is 4.18. The Bertz CT molecular complexity index is 815. The lowest BCUT2D eigenvalue weighted by molar-refractivity contribution is -0.123. The van der Waals surface area contributed by atoms with E-state index in [4.69, 9.17) is 4.74 Å². The summed E-state index contributed by atoms with van der Waals surface area (Å²) in [4.78, 5) is 25.8. The molecule has 3 amide bonds. The average Bonchev–Trinajstić information content (AvgIpc) is 2.85. The molecule has 1 N–H and O–H groups in total. The van der Waals surface area contributed by atoms with Crippen LogP contribution >= 0.6 is 15.9 Å². The number of urea groups is 1. The van der Waals surface area contributed by atoms with Gasteiger partial charge in [-0.15, -0.1) is 0 Å². The van der Waals surface area contributed by atoms with E-state index in [0.717, 1.165) is 15.6 Å². The molecule has 2 aromatic rings. The van der Waals surface area contributed by atoms with Crippen molar-refractivity contribution in [3.8, 4) is 5.75 Å². The minimum absolute atomic E-state index is 0.223. The molecule has 1 aliphatic heterocycles. The van der Waals surface area contributed by atoms with E-state index in [0.29, 0.717) is 5.75 Å². The molecule has 5 nitrogen and oxygen atoms in total. The minimum atomic E-state index is -0.427. The monoisotopic (exact) mass is 386 g/mol. The van der Waals surface area contributed by atoms with Crippen molar-refractivity contribution < 1.29 is 14.3 Å². The summed E-state index contributed by atoms with van der Waals surface area (Å²) in [7, 11) is 1.56. The van der Waals surface area contributed by atoms with E-state index in [2.05, 4.69) is 21.2 Å². The lowest BCUT2D eigenvalue weighted by Gasteiger charge is -2.11. The molecule has 0 radical (unpaired) electrons. The number of methoxy groups -OCH3 is 1. The van der Waals surface area contributed by atoms with Gasteiger partial charge in [-0.2, -0.15) is 0 Å². The number of hydrogen-bond acceptors (Lipinski definition) is 3. The van der Waals surface area contributed by atoms with Crippen LogP contribution in [0, 0.1) is 0 Å². The fourth-order valence-electron chi connectivity index (χ4n) is 2.43. The van der Waals surface area contributed by atoms with E-state index in [1.54, 1.807) is 19.3 Å². The molecule has 3 rings (SSSR count). The predicted molar refractivity (Wildman–Crippen MR) is 94.2 cm³/mol. The average molecular weight is 387 g/mol. The van der Waals surface area contributed by atoms with E-state index in [9.17, 15) is 9.59 Å². The summed E-state index contributed by atoms with van der Waals surface area (Å²) >= 11 is 3.36. The standard InChI is InChI=1S/C18H15BrN2O3/c1-24-16-5-3-2-4-13(16)10-15-17(22)21(18(23)20-15)11-12-6-8-14(19)9-7-12/h2-10H,11H2,1H3,(H,20,23)/b15-10+. The first-order valence-corrected chi connectivity index (χ1v) is 8.10. The van der Waals surface area contributed by atoms with Gasteiger partial charge in [-0.05, 0) is 29.8 Å². The largest absolute Gasteiger partial charge is 0.496 e. The number of benzene rings is 2. The normalized spacial score (nSPS) is 15.8. The fraction of sp³-hybridized carbons (Fsp3) is 0.111. The van der Waals surface area contributed by atoms with Crippen molar-refractivity contribution in [2.45, 2.75) is 6.54 Å². The van der Waals surface area contributed by atoms with Crippen molar-refractivity contribution in [2.75, 3.05) is 7.11 Å². The van der Waals surface area contributed by atoms with Crippen LogP contribution in [0.1, 0.15) is 11.1 Å². The zero-order valence-corrected chi connectivity index (χ0v) is 14.5. The molecule has 0 spiro atoms. The van der Waals surface area contributed by atoms with Crippen molar-refractivity contribution in [2.24, 2.45) is 0 Å². The molecule has 1 aliphatic rings. The summed E-state index contributed by atoms with van der Waals surface area (Å²) in [6, 6.07) is 14.4. The van der Waals surface area contributed by atoms with Crippen LogP contribution < -0.4 is 10.1 Å². The molecule has 1 saturated heterocycles. The molecule has 0 atom stereocenters. The zero-order valence-electron chi connectivity index (χ0n) is 13.0. The maximum atomic E-state index is 12.5. The molecule has 0 aliphatic carbocycles. The van der Waals surface area contributed by atoms with Crippen LogP contribution in [0.2, 0.25) is 0 Å². The summed E-state index contributed by atoms with van der Waals surface area (Å²) in [5, 5.41) is 2.62. The smallest absolute Gasteiger partial charge is 0.329 e. The summed E-state index contributed by atoms with van der Waals surface area (Å²) in [5.41, 5.74) is 1.84. The number of hydrogen-bond donors (Lipinski definition) is 1. The molecule has 6 heteroatoms. The van der Waals surface area contributed by atoms with Gasteiger partial charge in [0.25, 0.3) is 5.91 Å². The molecule has 122 valence electrons. The highest BCUT2D eigenvalue weighted by molar-refractivity contribution is 9.10. The summed E-state index contributed by atoms with van der Waals surface area (Å²) < 4.78 is 6.21. The maximum absolute atomic E-state index is 12.5. The van der Waals surface area contributed by atoms with Crippen LogP contribution in [0.25, 0.3) is 6.08 Å². The van der Waals surface area contributed by atoms with E-state index in [1.807, 2.05) is 42.5 Å². The van der Waals surface area contributed by atoms with E-state index >= 15 is 0 Å². The van der Waals surface area contributed by atoms with Gasteiger partial charge in [-0.3, -0.25) is 9.69 Å². The van der Waals surface area contributed by atoms with Crippen molar-refractivity contribution in [3.05, 3.63) is 69.8 Å². The number of rotatable bonds is 4. The van der Waals surface area contributed by atoms with Gasteiger partial charge in [0.2, 0.25) is 0 Å².